The third kappa shape index (κ3) is 4.23. The molecule has 1 fully saturated rings. The van der Waals surface area contributed by atoms with Gasteiger partial charge in [-0.05, 0) is 29.9 Å². The zero-order valence-corrected chi connectivity index (χ0v) is 11.4. The highest BCUT2D eigenvalue weighted by molar-refractivity contribution is 5.81. The fraction of sp³-hybridized carbons (Fsp3) is 0.471. The van der Waals surface area contributed by atoms with Crippen LogP contribution in [0.2, 0.25) is 0 Å². The first-order valence-electron chi connectivity index (χ1n) is 7.17. The van der Waals surface area contributed by atoms with Gasteiger partial charge in [0.25, 0.3) is 0 Å². The maximum atomic E-state index is 10.9. The van der Waals surface area contributed by atoms with Crippen LogP contribution in [0.15, 0.2) is 36.9 Å². The third-order valence-corrected chi connectivity index (χ3v) is 3.86. The molecular formula is C17H22O2. The van der Waals surface area contributed by atoms with Crippen LogP contribution < -0.4 is 0 Å². The zero-order valence-electron chi connectivity index (χ0n) is 11.4. The molecule has 1 aromatic carbocycles. The van der Waals surface area contributed by atoms with Gasteiger partial charge in [-0.1, -0.05) is 50.1 Å². The highest BCUT2D eigenvalue weighted by atomic mass is 16.5. The molecule has 0 unspecified atom stereocenters. The van der Waals surface area contributed by atoms with Gasteiger partial charge < -0.3 is 4.74 Å². The van der Waals surface area contributed by atoms with Crippen LogP contribution in [0.4, 0.5) is 0 Å². The molecule has 0 amide bonds. The fourth-order valence-corrected chi connectivity index (χ4v) is 2.72. The molecule has 0 N–H and O–H groups in total. The van der Waals surface area contributed by atoms with Gasteiger partial charge in [-0.2, -0.15) is 0 Å². The van der Waals surface area contributed by atoms with Crippen LogP contribution in [-0.4, -0.2) is 12.6 Å². The minimum Gasteiger partial charge on any atom is -0.462 e. The van der Waals surface area contributed by atoms with Gasteiger partial charge in [0.05, 0.1) is 6.61 Å². The van der Waals surface area contributed by atoms with E-state index in [0.29, 0.717) is 6.61 Å². The largest absolute Gasteiger partial charge is 0.462 e. The molecule has 0 heterocycles. The predicted octanol–water partition coefficient (Wildman–Crippen LogP) is 4.01. The van der Waals surface area contributed by atoms with E-state index in [4.69, 9.17) is 4.74 Å². The molecule has 0 spiro atoms. The van der Waals surface area contributed by atoms with Crippen molar-refractivity contribution < 1.29 is 9.53 Å². The molecule has 0 atom stereocenters. The molecule has 1 saturated carbocycles. The molecule has 0 saturated heterocycles. The Labute approximate surface area is 115 Å². The molecule has 19 heavy (non-hydrogen) atoms. The van der Waals surface area contributed by atoms with Gasteiger partial charge in [0.2, 0.25) is 0 Å². The highest BCUT2D eigenvalue weighted by Gasteiger charge is 2.14. The lowest BCUT2D eigenvalue weighted by molar-refractivity contribution is -0.137. The van der Waals surface area contributed by atoms with E-state index < -0.39 is 0 Å². The van der Waals surface area contributed by atoms with Crippen molar-refractivity contribution in [1.82, 2.24) is 0 Å². The summed E-state index contributed by atoms with van der Waals surface area (Å²) in [6, 6.07) is 8.79. The normalized spacial score (nSPS) is 16.0. The molecule has 2 nitrogen and oxygen atoms in total. The SMILES string of the molecule is C=CC(=O)OCCc1ccc(C2CCCCC2)cc1. The van der Waals surface area contributed by atoms with Crippen molar-refractivity contribution in [3.8, 4) is 0 Å². The van der Waals surface area contributed by atoms with E-state index >= 15 is 0 Å². The van der Waals surface area contributed by atoms with Crippen LogP contribution in [0, 0.1) is 0 Å². The standard InChI is InChI=1S/C17H22O2/c1-2-17(18)19-13-12-14-8-10-16(11-9-14)15-6-4-3-5-7-15/h2,8-11,15H,1,3-7,12-13H2. The van der Waals surface area contributed by atoms with Crippen molar-refractivity contribution in [2.75, 3.05) is 6.61 Å². The topological polar surface area (TPSA) is 26.3 Å². The maximum absolute atomic E-state index is 10.9. The van der Waals surface area contributed by atoms with Crippen molar-refractivity contribution >= 4 is 5.97 Å². The lowest BCUT2D eigenvalue weighted by atomic mass is 9.84. The van der Waals surface area contributed by atoms with Gasteiger partial charge in [-0.25, -0.2) is 4.79 Å². The number of carbonyl (C=O) groups is 1. The number of benzene rings is 1. The van der Waals surface area contributed by atoms with E-state index in [1.165, 1.54) is 49.3 Å². The van der Waals surface area contributed by atoms with E-state index in [2.05, 4.69) is 30.8 Å². The van der Waals surface area contributed by atoms with Gasteiger partial charge in [0, 0.05) is 12.5 Å². The second-order valence-corrected chi connectivity index (χ2v) is 5.20. The molecule has 2 heteroatoms. The van der Waals surface area contributed by atoms with Crippen LogP contribution in [0.25, 0.3) is 0 Å². The Kier molecular flexibility index (Phi) is 5.20. The molecule has 102 valence electrons. The first-order chi connectivity index (χ1) is 9.29. The summed E-state index contributed by atoms with van der Waals surface area (Å²) in [6.45, 7) is 3.80. The average molecular weight is 258 g/mol. The maximum Gasteiger partial charge on any atom is 0.330 e. The van der Waals surface area contributed by atoms with Crippen molar-refractivity contribution in [2.45, 2.75) is 44.4 Å². The predicted molar refractivity (Wildman–Crippen MR) is 77.1 cm³/mol. The van der Waals surface area contributed by atoms with Gasteiger partial charge in [0.1, 0.15) is 0 Å². The molecule has 1 aliphatic rings. The summed E-state index contributed by atoms with van der Waals surface area (Å²) in [5, 5.41) is 0. The Bertz CT molecular complexity index is 413. The average Bonchev–Trinajstić information content (AvgIpc) is 2.48. The number of esters is 1. The number of rotatable bonds is 5. The van der Waals surface area contributed by atoms with Crippen LogP contribution in [0.3, 0.4) is 0 Å². The monoisotopic (exact) mass is 258 g/mol. The fourth-order valence-electron chi connectivity index (χ4n) is 2.72. The van der Waals surface area contributed by atoms with Gasteiger partial charge >= 0.3 is 5.97 Å². The van der Waals surface area contributed by atoms with Crippen molar-refractivity contribution in [3.05, 3.63) is 48.0 Å². The molecule has 1 aliphatic carbocycles. The Morgan fingerprint density at radius 1 is 1.21 bits per heavy atom. The van der Waals surface area contributed by atoms with Crippen molar-refractivity contribution in [1.29, 1.82) is 0 Å². The molecule has 1 aromatic rings. The molecule has 0 bridgehead atoms. The molecule has 0 aliphatic heterocycles. The Balaban J connectivity index is 1.83. The summed E-state index contributed by atoms with van der Waals surface area (Å²) in [7, 11) is 0. The summed E-state index contributed by atoms with van der Waals surface area (Å²) in [5.74, 6) is 0.403. The van der Waals surface area contributed by atoms with Crippen molar-refractivity contribution in [2.24, 2.45) is 0 Å². The number of ether oxygens (including phenoxy) is 1. The van der Waals surface area contributed by atoms with Gasteiger partial charge in [0.15, 0.2) is 0 Å². The van der Waals surface area contributed by atoms with E-state index in [-0.39, 0.29) is 5.97 Å². The second kappa shape index (κ2) is 7.13. The first-order valence-corrected chi connectivity index (χ1v) is 7.17. The molecule has 0 radical (unpaired) electrons. The lowest BCUT2D eigenvalue weighted by Crippen LogP contribution is -2.06. The molecular weight excluding hydrogens is 236 g/mol. The van der Waals surface area contributed by atoms with E-state index in [9.17, 15) is 4.79 Å². The quantitative estimate of drug-likeness (QED) is 0.589. The first kappa shape index (κ1) is 13.9. The Morgan fingerprint density at radius 3 is 2.53 bits per heavy atom. The third-order valence-electron chi connectivity index (χ3n) is 3.86. The molecule has 0 aromatic heterocycles. The van der Waals surface area contributed by atoms with Crippen molar-refractivity contribution in [3.63, 3.8) is 0 Å². The minimum atomic E-state index is -0.348. The summed E-state index contributed by atoms with van der Waals surface area (Å²) >= 11 is 0. The van der Waals surface area contributed by atoms with Crippen LogP contribution in [0.1, 0.15) is 49.1 Å². The van der Waals surface area contributed by atoms with E-state index in [1.54, 1.807) is 0 Å². The Morgan fingerprint density at radius 2 is 1.89 bits per heavy atom. The van der Waals surface area contributed by atoms with Crippen LogP contribution >= 0.6 is 0 Å². The number of carbonyl (C=O) groups excluding carboxylic acids is 1. The van der Waals surface area contributed by atoms with Crippen LogP contribution in [-0.2, 0) is 16.0 Å². The summed E-state index contributed by atoms with van der Waals surface area (Å²) in [4.78, 5) is 10.9. The summed E-state index contributed by atoms with van der Waals surface area (Å²) < 4.78 is 4.98. The smallest absolute Gasteiger partial charge is 0.330 e. The second-order valence-electron chi connectivity index (χ2n) is 5.20. The number of hydrogen-bond donors (Lipinski definition) is 0. The number of hydrogen-bond acceptors (Lipinski definition) is 2. The van der Waals surface area contributed by atoms with Gasteiger partial charge in [-0.3, -0.25) is 0 Å². The zero-order chi connectivity index (χ0) is 13.5. The summed E-state index contributed by atoms with van der Waals surface area (Å²) in [5.41, 5.74) is 2.68. The van der Waals surface area contributed by atoms with E-state index in [0.717, 1.165) is 12.3 Å². The van der Waals surface area contributed by atoms with Gasteiger partial charge in [-0.15, -0.1) is 0 Å². The molecule has 2 rings (SSSR count). The van der Waals surface area contributed by atoms with Crippen LogP contribution in [0.5, 0.6) is 0 Å². The lowest BCUT2D eigenvalue weighted by Gasteiger charge is -2.22. The summed E-state index contributed by atoms with van der Waals surface area (Å²) in [6.07, 6.45) is 8.75. The van der Waals surface area contributed by atoms with E-state index in [1.807, 2.05) is 0 Å². The highest BCUT2D eigenvalue weighted by Crippen LogP contribution is 2.32. The minimum absolute atomic E-state index is 0.348. The Hall–Kier alpha value is -1.57.